The summed E-state index contributed by atoms with van der Waals surface area (Å²) >= 11 is 1.33. The van der Waals surface area contributed by atoms with E-state index in [1.165, 1.54) is 29.9 Å². The Morgan fingerprint density at radius 3 is 2.77 bits per heavy atom. The number of hydrogen-bond donors (Lipinski definition) is 2. The van der Waals surface area contributed by atoms with Crippen molar-refractivity contribution < 1.29 is 27.8 Å². The van der Waals surface area contributed by atoms with Crippen molar-refractivity contribution in [3.63, 3.8) is 0 Å². The van der Waals surface area contributed by atoms with Gasteiger partial charge >= 0.3 is 6.18 Å². The zero-order valence-corrected chi connectivity index (χ0v) is 17.8. The molecule has 2 aliphatic rings. The molecular formula is C22H25F3N2O3S. The van der Waals surface area contributed by atoms with Gasteiger partial charge in [0.1, 0.15) is 11.1 Å². The lowest BCUT2D eigenvalue weighted by molar-refractivity contribution is -0.137. The average molecular weight is 455 g/mol. The Bertz CT molecular complexity index is 939. The molecule has 2 aromatic rings. The van der Waals surface area contributed by atoms with E-state index in [1.54, 1.807) is 0 Å². The van der Waals surface area contributed by atoms with E-state index in [2.05, 4.69) is 10.2 Å². The number of fused-ring (bicyclic) bond motifs is 1. The molecule has 9 heteroatoms. The third kappa shape index (κ3) is 5.11. The molecular weight excluding hydrogens is 429 g/mol. The minimum atomic E-state index is -4.50. The monoisotopic (exact) mass is 454 g/mol. The Labute approximate surface area is 182 Å². The van der Waals surface area contributed by atoms with Gasteiger partial charge in [0, 0.05) is 10.4 Å². The molecule has 1 saturated heterocycles. The summed E-state index contributed by atoms with van der Waals surface area (Å²) in [5.74, 6) is -0.182. The highest BCUT2D eigenvalue weighted by molar-refractivity contribution is 7.16. The van der Waals surface area contributed by atoms with Crippen molar-refractivity contribution in [1.29, 1.82) is 0 Å². The Morgan fingerprint density at radius 1 is 1.26 bits per heavy atom. The minimum absolute atomic E-state index is 0.147. The lowest BCUT2D eigenvalue weighted by Gasteiger charge is -2.25. The highest BCUT2D eigenvalue weighted by atomic mass is 32.1. The Morgan fingerprint density at radius 2 is 2.03 bits per heavy atom. The number of benzene rings is 1. The number of ether oxygens (including phenoxy) is 1. The topological polar surface area (TPSA) is 61.8 Å². The molecule has 31 heavy (non-hydrogen) atoms. The Kier molecular flexibility index (Phi) is 6.66. The van der Waals surface area contributed by atoms with E-state index >= 15 is 0 Å². The van der Waals surface area contributed by atoms with Gasteiger partial charge in [-0.15, -0.1) is 11.3 Å². The highest BCUT2D eigenvalue weighted by Gasteiger charge is 2.32. The third-order valence-corrected chi connectivity index (χ3v) is 6.87. The van der Waals surface area contributed by atoms with Crippen LogP contribution in [0.15, 0.2) is 24.3 Å². The third-order valence-electron chi connectivity index (χ3n) is 5.73. The zero-order valence-electron chi connectivity index (χ0n) is 17.0. The van der Waals surface area contributed by atoms with Crippen LogP contribution >= 0.6 is 11.3 Å². The molecule has 0 radical (unpaired) electrons. The summed E-state index contributed by atoms with van der Waals surface area (Å²) in [7, 11) is 0. The summed E-state index contributed by atoms with van der Waals surface area (Å²) in [6.07, 6.45) is -1.93. The van der Waals surface area contributed by atoms with Crippen LogP contribution in [0.3, 0.4) is 0 Å². The normalized spacial score (nSPS) is 18.5. The van der Waals surface area contributed by atoms with Gasteiger partial charge in [0.15, 0.2) is 0 Å². The number of nitrogens with one attached hydrogen (secondary N) is 1. The summed E-state index contributed by atoms with van der Waals surface area (Å²) in [5, 5.41) is 14.5. The van der Waals surface area contributed by atoms with E-state index in [1.807, 2.05) is 0 Å². The molecule has 4 rings (SSSR count). The first-order valence-corrected chi connectivity index (χ1v) is 11.2. The summed E-state index contributed by atoms with van der Waals surface area (Å²) in [4.78, 5) is 15.7. The molecule has 2 aliphatic heterocycles. The van der Waals surface area contributed by atoms with Gasteiger partial charge < -0.3 is 15.2 Å². The average Bonchev–Trinajstić information content (AvgIpc) is 3.11. The molecule has 1 fully saturated rings. The summed E-state index contributed by atoms with van der Waals surface area (Å²) in [5.41, 5.74) is 0.671. The van der Waals surface area contributed by atoms with Gasteiger partial charge in [-0.25, -0.2) is 0 Å². The number of nitrogens with zero attached hydrogens (tertiary/aromatic N) is 1. The fraction of sp³-hybridized carbons (Fsp3) is 0.500. The first kappa shape index (κ1) is 22.3. The number of likely N-dealkylation sites (tertiary alicyclic amines) is 1. The van der Waals surface area contributed by atoms with Crippen LogP contribution in [0.4, 0.5) is 18.2 Å². The maximum Gasteiger partial charge on any atom is 0.416 e. The van der Waals surface area contributed by atoms with Crippen LogP contribution in [-0.4, -0.2) is 42.2 Å². The van der Waals surface area contributed by atoms with Crippen LogP contribution in [0.2, 0.25) is 0 Å². The largest absolute Gasteiger partial charge is 0.416 e. The van der Waals surface area contributed by atoms with Gasteiger partial charge in [0.2, 0.25) is 5.91 Å². The van der Waals surface area contributed by atoms with Crippen LogP contribution in [-0.2, 0) is 28.7 Å². The standard InChI is InChI=1S/C22H25F3N2O3S/c23-22(24,25)15-6-4-5-14(11-15)20(29)19-16-7-10-30-13-17(16)31-21(19)26-18(28)12-27-8-2-1-3-9-27/h4-6,11,20,29H,1-3,7-10,12-13H2,(H,26,28). The molecule has 1 aromatic heterocycles. The number of hydrogen-bond acceptors (Lipinski definition) is 5. The number of carbonyl (C=O) groups is 1. The number of alkyl halides is 3. The number of amides is 1. The first-order chi connectivity index (χ1) is 14.8. The number of aliphatic hydroxyl groups excluding tert-OH is 1. The zero-order chi connectivity index (χ0) is 22.0. The predicted molar refractivity (Wildman–Crippen MR) is 112 cm³/mol. The molecule has 0 bridgehead atoms. The lowest BCUT2D eigenvalue weighted by Crippen LogP contribution is -2.36. The molecule has 5 nitrogen and oxygen atoms in total. The van der Waals surface area contributed by atoms with E-state index < -0.39 is 17.8 Å². The molecule has 0 spiro atoms. The van der Waals surface area contributed by atoms with Crippen molar-refractivity contribution in [2.75, 3.05) is 31.6 Å². The second-order valence-corrected chi connectivity index (χ2v) is 9.07. The van der Waals surface area contributed by atoms with E-state index in [0.717, 1.165) is 48.5 Å². The van der Waals surface area contributed by atoms with Crippen molar-refractivity contribution in [3.05, 3.63) is 51.4 Å². The summed E-state index contributed by atoms with van der Waals surface area (Å²) in [6, 6.07) is 4.71. The molecule has 1 amide bonds. The minimum Gasteiger partial charge on any atom is -0.384 e. The van der Waals surface area contributed by atoms with Gasteiger partial charge in [-0.05, 0) is 55.6 Å². The van der Waals surface area contributed by atoms with Crippen molar-refractivity contribution in [2.45, 2.75) is 44.6 Å². The van der Waals surface area contributed by atoms with E-state index in [4.69, 9.17) is 4.74 Å². The second-order valence-electron chi connectivity index (χ2n) is 7.96. The van der Waals surface area contributed by atoms with Gasteiger partial charge in [0.25, 0.3) is 0 Å². The van der Waals surface area contributed by atoms with Gasteiger partial charge in [-0.3, -0.25) is 9.69 Å². The quantitative estimate of drug-likeness (QED) is 0.706. The molecule has 168 valence electrons. The maximum absolute atomic E-state index is 13.2. The molecule has 1 atom stereocenters. The second kappa shape index (κ2) is 9.28. The summed E-state index contributed by atoms with van der Waals surface area (Å²) in [6.45, 7) is 2.85. The number of aliphatic hydroxyl groups is 1. The van der Waals surface area contributed by atoms with Crippen LogP contribution in [0.5, 0.6) is 0 Å². The molecule has 1 unspecified atom stereocenters. The first-order valence-electron chi connectivity index (χ1n) is 10.4. The molecule has 0 aliphatic carbocycles. The van der Waals surface area contributed by atoms with E-state index in [0.29, 0.717) is 30.2 Å². The number of thiophene rings is 1. The van der Waals surface area contributed by atoms with Crippen molar-refractivity contribution in [2.24, 2.45) is 0 Å². The number of anilines is 1. The lowest BCUT2D eigenvalue weighted by atomic mass is 9.95. The van der Waals surface area contributed by atoms with Crippen molar-refractivity contribution >= 4 is 22.2 Å². The maximum atomic E-state index is 13.2. The Hall–Kier alpha value is -1.94. The number of carbonyl (C=O) groups excluding carboxylic acids is 1. The molecule has 3 heterocycles. The van der Waals surface area contributed by atoms with Crippen LogP contribution in [0, 0.1) is 0 Å². The van der Waals surface area contributed by atoms with Crippen LogP contribution in [0.25, 0.3) is 0 Å². The van der Waals surface area contributed by atoms with E-state index in [9.17, 15) is 23.1 Å². The van der Waals surface area contributed by atoms with Gasteiger partial charge in [-0.2, -0.15) is 13.2 Å². The van der Waals surface area contributed by atoms with Crippen LogP contribution in [0.1, 0.15) is 52.5 Å². The SMILES string of the molecule is O=C(CN1CCCCC1)Nc1sc2c(c1C(O)c1cccc(C(F)(F)F)c1)CCOC2. The van der Waals surface area contributed by atoms with Gasteiger partial charge in [-0.1, -0.05) is 18.6 Å². The predicted octanol–water partition coefficient (Wildman–Crippen LogP) is 4.35. The highest BCUT2D eigenvalue weighted by Crippen LogP contribution is 2.43. The van der Waals surface area contributed by atoms with Crippen molar-refractivity contribution in [3.8, 4) is 0 Å². The number of piperidine rings is 1. The fourth-order valence-corrected chi connectivity index (χ4v) is 5.41. The molecule has 1 aromatic carbocycles. The number of halogens is 3. The number of rotatable bonds is 5. The molecule has 0 saturated carbocycles. The molecule has 2 N–H and O–H groups in total. The fourth-order valence-electron chi connectivity index (χ4n) is 4.18. The van der Waals surface area contributed by atoms with Crippen LogP contribution < -0.4 is 5.32 Å². The van der Waals surface area contributed by atoms with Gasteiger partial charge in [0.05, 0.1) is 25.3 Å². The Balaban J connectivity index is 1.62. The van der Waals surface area contributed by atoms with E-state index in [-0.39, 0.29) is 18.0 Å². The smallest absolute Gasteiger partial charge is 0.384 e. The summed E-state index contributed by atoms with van der Waals surface area (Å²) < 4.78 is 45.0. The van der Waals surface area contributed by atoms with Crippen molar-refractivity contribution in [1.82, 2.24) is 4.90 Å².